The van der Waals surface area contributed by atoms with Gasteiger partial charge in [0.25, 0.3) is 11.7 Å². The molecule has 1 N–H and O–H groups in total. The van der Waals surface area contributed by atoms with Crippen LogP contribution >= 0.6 is 0 Å². The monoisotopic (exact) mass is 473 g/mol. The summed E-state index contributed by atoms with van der Waals surface area (Å²) in [6.45, 7) is 2.51. The Bertz CT molecular complexity index is 1270. The summed E-state index contributed by atoms with van der Waals surface area (Å²) in [6.07, 6.45) is 0. The third-order valence-electron chi connectivity index (χ3n) is 5.88. The minimum atomic E-state index is -0.828. The van der Waals surface area contributed by atoms with Crippen molar-refractivity contribution in [1.82, 2.24) is 4.90 Å². The average molecular weight is 474 g/mol. The SMILES string of the molecule is CCOc1cccc(/C(O)=C2\C(=O)C(=O)N(Cc3ccccc3)C2c2ccc(OC)c(OC)c2)c1. The molecule has 7 nitrogen and oxygen atoms in total. The summed E-state index contributed by atoms with van der Waals surface area (Å²) in [5.74, 6) is -0.177. The molecule has 1 fully saturated rings. The van der Waals surface area contributed by atoms with E-state index in [4.69, 9.17) is 14.2 Å². The van der Waals surface area contributed by atoms with Crippen LogP contribution in [0.25, 0.3) is 5.76 Å². The molecular weight excluding hydrogens is 446 g/mol. The molecule has 7 heteroatoms. The number of hydrogen-bond acceptors (Lipinski definition) is 6. The minimum absolute atomic E-state index is 0.00630. The van der Waals surface area contributed by atoms with Crippen molar-refractivity contribution < 1.29 is 28.9 Å². The lowest BCUT2D eigenvalue weighted by Crippen LogP contribution is -2.29. The standard InChI is InChI=1S/C28H27NO6/c1-4-35-21-12-8-11-20(15-21)26(30)24-25(19-13-14-22(33-2)23(16-19)34-3)29(28(32)27(24)31)17-18-9-6-5-7-10-18/h5-16,25,30H,4,17H2,1-3H3/b26-24+. The highest BCUT2D eigenvalue weighted by Gasteiger charge is 2.46. The summed E-state index contributed by atoms with van der Waals surface area (Å²) in [7, 11) is 3.05. The average Bonchev–Trinajstić information content (AvgIpc) is 3.13. The third-order valence-corrected chi connectivity index (χ3v) is 5.88. The quantitative estimate of drug-likeness (QED) is 0.289. The number of nitrogens with zero attached hydrogens (tertiary/aromatic N) is 1. The number of Topliss-reactive ketones (excluding diaryl/α,β-unsaturated/α-hetero) is 1. The number of methoxy groups -OCH3 is 2. The number of amides is 1. The first-order chi connectivity index (χ1) is 17.0. The van der Waals surface area contributed by atoms with E-state index in [9.17, 15) is 14.7 Å². The van der Waals surface area contributed by atoms with Gasteiger partial charge in [0.05, 0.1) is 32.4 Å². The van der Waals surface area contributed by atoms with Gasteiger partial charge in [-0.3, -0.25) is 9.59 Å². The van der Waals surface area contributed by atoms with Crippen LogP contribution in [-0.2, 0) is 16.1 Å². The lowest BCUT2D eigenvalue weighted by Gasteiger charge is -2.26. The maximum Gasteiger partial charge on any atom is 0.295 e. The zero-order valence-corrected chi connectivity index (χ0v) is 19.9. The molecule has 3 aromatic carbocycles. The number of ketones is 1. The summed E-state index contributed by atoms with van der Waals surface area (Å²) < 4.78 is 16.4. The third kappa shape index (κ3) is 4.71. The molecule has 1 unspecified atom stereocenters. The van der Waals surface area contributed by atoms with E-state index in [0.29, 0.717) is 35.0 Å². The highest BCUT2D eigenvalue weighted by Crippen LogP contribution is 2.42. The highest BCUT2D eigenvalue weighted by atomic mass is 16.5. The molecule has 1 amide bonds. The summed E-state index contributed by atoms with van der Waals surface area (Å²) in [6, 6.07) is 20.6. The number of rotatable bonds is 8. The lowest BCUT2D eigenvalue weighted by molar-refractivity contribution is -0.140. The van der Waals surface area contributed by atoms with E-state index >= 15 is 0 Å². The molecule has 4 rings (SSSR count). The van der Waals surface area contributed by atoms with E-state index in [-0.39, 0.29) is 17.9 Å². The van der Waals surface area contributed by atoms with Gasteiger partial charge in [-0.1, -0.05) is 48.5 Å². The molecule has 35 heavy (non-hydrogen) atoms. The van der Waals surface area contributed by atoms with E-state index in [1.807, 2.05) is 37.3 Å². The molecule has 0 aliphatic carbocycles. The predicted molar refractivity (Wildman–Crippen MR) is 131 cm³/mol. The molecule has 0 bridgehead atoms. The molecule has 0 saturated carbocycles. The number of carbonyl (C=O) groups excluding carboxylic acids is 2. The number of aliphatic hydroxyl groups excluding tert-OH is 1. The Morgan fingerprint density at radius 1 is 0.914 bits per heavy atom. The number of likely N-dealkylation sites (tertiary alicyclic amines) is 1. The van der Waals surface area contributed by atoms with Crippen molar-refractivity contribution in [2.45, 2.75) is 19.5 Å². The first-order valence-electron chi connectivity index (χ1n) is 11.3. The van der Waals surface area contributed by atoms with Crippen molar-refractivity contribution in [2.24, 2.45) is 0 Å². The number of aliphatic hydroxyl groups is 1. The Labute approximate surface area is 204 Å². The Kier molecular flexibility index (Phi) is 7.06. The molecule has 1 atom stereocenters. The van der Waals surface area contributed by atoms with Crippen molar-refractivity contribution in [3.05, 3.63) is 95.1 Å². The summed E-state index contributed by atoms with van der Waals surface area (Å²) in [5.41, 5.74) is 1.87. The fourth-order valence-electron chi connectivity index (χ4n) is 4.25. The number of benzene rings is 3. The van der Waals surface area contributed by atoms with E-state index in [2.05, 4.69) is 0 Å². The molecule has 180 valence electrons. The van der Waals surface area contributed by atoms with Crippen LogP contribution in [0.2, 0.25) is 0 Å². The second-order valence-electron chi connectivity index (χ2n) is 7.99. The van der Waals surface area contributed by atoms with Crippen LogP contribution in [0, 0.1) is 0 Å². The Morgan fingerprint density at radius 2 is 1.66 bits per heavy atom. The molecule has 3 aromatic rings. The molecule has 1 saturated heterocycles. The van der Waals surface area contributed by atoms with Gasteiger partial charge in [0, 0.05) is 12.1 Å². The number of hydrogen-bond donors (Lipinski definition) is 1. The highest BCUT2D eigenvalue weighted by molar-refractivity contribution is 6.46. The number of carbonyl (C=O) groups is 2. The van der Waals surface area contributed by atoms with Crippen molar-refractivity contribution in [3.8, 4) is 17.2 Å². The Hall–Kier alpha value is -4.26. The van der Waals surface area contributed by atoms with Gasteiger partial charge in [-0.05, 0) is 42.3 Å². The van der Waals surface area contributed by atoms with Crippen LogP contribution < -0.4 is 14.2 Å². The van der Waals surface area contributed by atoms with Crippen molar-refractivity contribution in [3.63, 3.8) is 0 Å². The van der Waals surface area contributed by atoms with Crippen LogP contribution in [0.4, 0.5) is 0 Å². The normalized spacial score (nSPS) is 16.9. The molecule has 0 aromatic heterocycles. The van der Waals surface area contributed by atoms with E-state index < -0.39 is 17.7 Å². The summed E-state index contributed by atoms with van der Waals surface area (Å²) in [4.78, 5) is 28.0. The second kappa shape index (κ2) is 10.3. The van der Waals surface area contributed by atoms with Gasteiger partial charge in [0.2, 0.25) is 0 Å². The summed E-state index contributed by atoms with van der Waals surface area (Å²) in [5, 5.41) is 11.3. The lowest BCUT2D eigenvalue weighted by atomic mass is 9.94. The van der Waals surface area contributed by atoms with Crippen molar-refractivity contribution in [2.75, 3.05) is 20.8 Å². The largest absolute Gasteiger partial charge is 0.507 e. The predicted octanol–water partition coefficient (Wildman–Crippen LogP) is 4.72. The van der Waals surface area contributed by atoms with Crippen molar-refractivity contribution in [1.29, 1.82) is 0 Å². The van der Waals surface area contributed by atoms with E-state index in [1.165, 1.54) is 19.1 Å². The first-order valence-corrected chi connectivity index (χ1v) is 11.3. The fourth-order valence-corrected chi connectivity index (χ4v) is 4.25. The molecular formula is C28H27NO6. The van der Waals surface area contributed by atoms with Crippen LogP contribution in [-0.4, -0.2) is 42.5 Å². The van der Waals surface area contributed by atoms with Gasteiger partial charge < -0.3 is 24.2 Å². The van der Waals surface area contributed by atoms with Gasteiger partial charge in [-0.15, -0.1) is 0 Å². The molecule has 0 radical (unpaired) electrons. The fraction of sp³-hybridized carbons (Fsp3) is 0.214. The molecule has 0 spiro atoms. The van der Waals surface area contributed by atoms with Gasteiger partial charge in [0.15, 0.2) is 11.5 Å². The van der Waals surface area contributed by atoms with Crippen LogP contribution in [0.1, 0.15) is 29.7 Å². The Balaban J connectivity index is 1.88. The summed E-state index contributed by atoms with van der Waals surface area (Å²) >= 11 is 0. The van der Waals surface area contributed by atoms with Crippen LogP contribution in [0.3, 0.4) is 0 Å². The van der Waals surface area contributed by atoms with Gasteiger partial charge in [0.1, 0.15) is 11.5 Å². The second-order valence-corrected chi connectivity index (χ2v) is 7.99. The van der Waals surface area contributed by atoms with Gasteiger partial charge >= 0.3 is 0 Å². The zero-order valence-electron chi connectivity index (χ0n) is 19.9. The smallest absolute Gasteiger partial charge is 0.295 e. The zero-order chi connectivity index (χ0) is 24.9. The topological polar surface area (TPSA) is 85.3 Å². The minimum Gasteiger partial charge on any atom is -0.507 e. The van der Waals surface area contributed by atoms with Gasteiger partial charge in [-0.2, -0.15) is 0 Å². The molecule has 1 aliphatic rings. The Morgan fingerprint density at radius 3 is 2.34 bits per heavy atom. The maximum absolute atomic E-state index is 13.3. The van der Waals surface area contributed by atoms with Crippen LogP contribution in [0.5, 0.6) is 17.2 Å². The van der Waals surface area contributed by atoms with Gasteiger partial charge in [-0.25, -0.2) is 0 Å². The molecule has 1 aliphatic heterocycles. The molecule has 1 heterocycles. The van der Waals surface area contributed by atoms with E-state index in [0.717, 1.165) is 5.56 Å². The first kappa shape index (κ1) is 23.9. The number of ether oxygens (including phenoxy) is 3. The van der Waals surface area contributed by atoms with Crippen LogP contribution in [0.15, 0.2) is 78.4 Å². The maximum atomic E-state index is 13.3. The van der Waals surface area contributed by atoms with Crippen molar-refractivity contribution >= 4 is 17.4 Å². The van der Waals surface area contributed by atoms with E-state index in [1.54, 1.807) is 42.5 Å².